The van der Waals surface area contributed by atoms with E-state index in [1.54, 1.807) is 29.0 Å². The van der Waals surface area contributed by atoms with Gasteiger partial charge >= 0.3 is 5.56 Å². The first-order valence-corrected chi connectivity index (χ1v) is 13.4. The van der Waals surface area contributed by atoms with Crippen LogP contribution in [0, 0.1) is 0 Å². The van der Waals surface area contributed by atoms with Gasteiger partial charge in [-0.3, -0.25) is 4.79 Å². The van der Waals surface area contributed by atoms with E-state index in [0.29, 0.717) is 37.6 Å². The molecule has 1 aliphatic heterocycles. The molecule has 1 aromatic rings. The molecular formula is C22H36N4O4S. The number of hydrogen-bond acceptors (Lipinski definition) is 6. The van der Waals surface area contributed by atoms with Crippen LogP contribution in [0.25, 0.3) is 0 Å². The van der Waals surface area contributed by atoms with Crippen molar-refractivity contribution in [3.8, 4) is 5.75 Å². The monoisotopic (exact) mass is 452 g/mol. The average molecular weight is 453 g/mol. The number of rotatable bonds is 6. The zero-order valence-electron chi connectivity index (χ0n) is 18.8. The molecule has 8 nitrogen and oxygen atoms in total. The van der Waals surface area contributed by atoms with Crippen LogP contribution in [0.1, 0.15) is 77.7 Å². The Labute approximate surface area is 185 Å². The summed E-state index contributed by atoms with van der Waals surface area (Å²) in [7, 11) is -3.27. The number of hydrogen-bond donors (Lipinski definition) is 0. The average Bonchev–Trinajstić information content (AvgIpc) is 3.29. The summed E-state index contributed by atoms with van der Waals surface area (Å²) in [6.45, 7) is 5.31. The molecule has 3 aliphatic rings. The van der Waals surface area contributed by atoms with Crippen molar-refractivity contribution in [1.82, 2.24) is 14.1 Å². The van der Waals surface area contributed by atoms with E-state index in [4.69, 9.17) is 4.74 Å². The van der Waals surface area contributed by atoms with Crippen LogP contribution in [0.15, 0.2) is 11.0 Å². The van der Waals surface area contributed by atoms with E-state index in [1.807, 2.05) is 0 Å². The SMILES string of the molecule is CC(C)S(=O)(=O)N1CCN(c2cnn(C3CCCCC3)c(=O)c2OC2CCCC2)CC1. The molecule has 0 N–H and O–H groups in total. The minimum Gasteiger partial charge on any atom is -0.483 e. The first kappa shape index (κ1) is 22.6. The van der Waals surface area contributed by atoms with Crippen molar-refractivity contribution in [2.75, 3.05) is 31.1 Å². The molecule has 2 heterocycles. The number of nitrogens with zero attached hydrogens (tertiary/aromatic N) is 4. The quantitative estimate of drug-likeness (QED) is 0.660. The van der Waals surface area contributed by atoms with Crippen molar-refractivity contribution in [1.29, 1.82) is 0 Å². The number of aromatic nitrogens is 2. The molecule has 0 amide bonds. The molecular weight excluding hydrogens is 416 g/mol. The first-order chi connectivity index (χ1) is 14.9. The predicted molar refractivity (Wildman–Crippen MR) is 121 cm³/mol. The number of piperazine rings is 1. The van der Waals surface area contributed by atoms with Gasteiger partial charge < -0.3 is 9.64 Å². The summed E-state index contributed by atoms with van der Waals surface area (Å²) < 4.78 is 34.5. The molecule has 3 fully saturated rings. The van der Waals surface area contributed by atoms with Crippen LogP contribution < -0.4 is 15.2 Å². The third-order valence-corrected chi connectivity index (χ3v) is 9.26. The molecule has 0 atom stereocenters. The van der Waals surface area contributed by atoms with E-state index in [2.05, 4.69) is 10.00 Å². The summed E-state index contributed by atoms with van der Waals surface area (Å²) >= 11 is 0. The minimum atomic E-state index is -3.27. The van der Waals surface area contributed by atoms with Gasteiger partial charge in [0.15, 0.2) is 0 Å². The molecule has 174 valence electrons. The number of ether oxygens (including phenoxy) is 1. The maximum atomic E-state index is 13.5. The second kappa shape index (κ2) is 9.48. The van der Waals surface area contributed by atoms with E-state index >= 15 is 0 Å². The second-order valence-corrected chi connectivity index (χ2v) is 11.9. The maximum absolute atomic E-state index is 13.5. The third kappa shape index (κ3) is 4.77. The molecule has 9 heteroatoms. The van der Waals surface area contributed by atoms with Gasteiger partial charge in [0, 0.05) is 26.2 Å². The van der Waals surface area contributed by atoms with E-state index in [1.165, 1.54) is 6.42 Å². The van der Waals surface area contributed by atoms with Gasteiger partial charge in [-0.15, -0.1) is 0 Å². The van der Waals surface area contributed by atoms with Crippen LogP contribution in [0.4, 0.5) is 5.69 Å². The largest absolute Gasteiger partial charge is 0.483 e. The standard InChI is InChI=1S/C22H36N4O4S/c1-17(2)31(28,29)25-14-12-24(13-15-25)20-16-23-26(18-8-4-3-5-9-18)22(27)21(20)30-19-10-6-7-11-19/h16-19H,3-15H2,1-2H3. The summed E-state index contributed by atoms with van der Waals surface area (Å²) in [5.41, 5.74) is 0.582. The van der Waals surface area contributed by atoms with Crippen molar-refractivity contribution >= 4 is 15.7 Å². The fraction of sp³-hybridized carbons (Fsp3) is 0.818. The maximum Gasteiger partial charge on any atom is 0.311 e. The lowest BCUT2D eigenvalue weighted by atomic mass is 9.96. The van der Waals surface area contributed by atoms with Crippen molar-refractivity contribution in [3.05, 3.63) is 16.6 Å². The van der Waals surface area contributed by atoms with E-state index in [0.717, 1.165) is 51.4 Å². The number of sulfonamides is 1. The Balaban J connectivity index is 1.59. The molecule has 31 heavy (non-hydrogen) atoms. The molecule has 0 aromatic carbocycles. The van der Waals surface area contributed by atoms with Crippen LogP contribution in [0.5, 0.6) is 5.75 Å². The van der Waals surface area contributed by atoms with E-state index < -0.39 is 15.3 Å². The Kier molecular flexibility index (Phi) is 6.91. The van der Waals surface area contributed by atoms with Gasteiger partial charge in [-0.1, -0.05) is 19.3 Å². The van der Waals surface area contributed by atoms with Crippen molar-refractivity contribution < 1.29 is 13.2 Å². The van der Waals surface area contributed by atoms with Crippen molar-refractivity contribution in [3.63, 3.8) is 0 Å². The van der Waals surface area contributed by atoms with Crippen molar-refractivity contribution in [2.24, 2.45) is 0 Å². The summed E-state index contributed by atoms with van der Waals surface area (Å²) in [4.78, 5) is 15.5. The molecule has 2 saturated carbocycles. The first-order valence-electron chi connectivity index (χ1n) is 11.9. The van der Waals surface area contributed by atoms with Crippen LogP contribution in [0.3, 0.4) is 0 Å². The van der Waals surface area contributed by atoms with E-state index in [-0.39, 0.29) is 17.7 Å². The lowest BCUT2D eigenvalue weighted by Crippen LogP contribution is -2.51. The Hall–Kier alpha value is -1.61. The summed E-state index contributed by atoms with van der Waals surface area (Å²) in [5, 5.41) is 4.13. The Morgan fingerprint density at radius 2 is 1.58 bits per heavy atom. The Morgan fingerprint density at radius 3 is 2.19 bits per heavy atom. The summed E-state index contributed by atoms with van der Waals surface area (Å²) in [6, 6.07) is 0.147. The zero-order valence-corrected chi connectivity index (χ0v) is 19.6. The molecule has 0 unspecified atom stereocenters. The molecule has 0 spiro atoms. The van der Waals surface area contributed by atoms with Gasteiger partial charge in [0.1, 0.15) is 5.69 Å². The highest BCUT2D eigenvalue weighted by atomic mass is 32.2. The lowest BCUT2D eigenvalue weighted by molar-refractivity contribution is 0.201. The van der Waals surface area contributed by atoms with Gasteiger partial charge in [0.2, 0.25) is 15.8 Å². The molecule has 4 rings (SSSR count). The van der Waals surface area contributed by atoms with Crippen molar-refractivity contribution in [2.45, 2.75) is 89.0 Å². The zero-order chi connectivity index (χ0) is 22.0. The second-order valence-electron chi connectivity index (χ2n) is 9.40. The highest BCUT2D eigenvalue weighted by Crippen LogP contribution is 2.32. The lowest BCUT2D eigenvalue weighted by Gasteiger charge is -2.36. The Morgan fingerprint density at radius 1 is 0.968 bits per heavy atom. The van der Waals surface area contributed by atoms with Crippen LogP contribution in [-0.4, -0.2) is 60.0 Å². The van der Waals surface area contributed by atoms with Crippen LogP contribution in [-0.2, 0) is 10.0 Å². The van der Waals surface area contributed by atoms with Crippen LogP contribution in [0.2, 0.25) is 0 Å². The minimum absolute atomic E-state index is 0.0799. The molecule has 0 radical (unpaired) electrons. The fourth-order valence-electron chi connectivity index (χ4n) is 5.02. The van der Waals surface area contributed by atoms with Crippen LogP contribution >= 0.6 is 0 Å². The van der Waals surface area contributed by atoms with Gasteiger partial charge in [0.25, 0.3) is 0 Å². The van der Waals surface area contributed by atoms with E-state index in [9.17, 15) is 13.2 Å². The normalized spacial score (nSPS) is 22.4. The smallest absolute Gasteiger partial charge is 0.311 e. The topological polar surface area (TPSA) is 84.7 Å². The van der Waals surface area contributed by atoms with Gasteiger partial charge in [-0.2, -0.15) is 9.40 Å². The highest BCUT2D eigenvalue weighted by Gasteiger charge is 2.32. The van der Waals surface area contributed by atoms with Gasteiger partial charge in [-0.05, 0) is 52.4 Å². The molecule has 1 aromatic heterocycles. The fourth-order valence-corrected chi connectivity index (χ4v) is 6.29. The molecule has 2 aliphatic carbocycles. The Bertz CT molecular complexity index is 910. The molecule has 0 bridgehead atoms. The number of anilines is 1. The summed E-state index contributed by atoms with van der Waals surface area (Å²) in [5.74, 6) is 0.410. The predicted octanol–water partition coefficient (Wildman–Crippen LogP) is 2.93. The third-order valence-electron chi connectivity index (χ3n) is 6.98. The van der Waals surface area contributed by atoms with Gasteiger partial charge in [-0.25, -0.2) is 13.1 Å². The van der Waals surface area contributed by atoms with Gasteiger partial charge in [0.05, 0.1) is 23.6 Å². The highest BCUT2D eigenvalue weighted by molar-refractivity contribution is 7.89. The summed E-state index contributed by atoms with van der Waals surface area (Å²) in [6.07, 6.45) is 11.5. The molecule has 1 saturated heterocycles.